The summed E-state index contributed by atoms with van der Waals surface area (Å²) in [6.45, 7) is 1.56. The number of aliphatic carboxylic acids is 1. The fourth-order valence-electron chi connectivity index (χ4n) is 2.71. The Kier molecular flexibility index (Phi) is 3.80. The summed E-state index contributed by atoms with van der Waals surface area (Å²) in [5, 5.41) is 12.0. The molecule has 1 unspecified atom stereocenters. The second-order valence-electron chi connectivity index (χ2n) is 5.99. The van der Waals surface area contributed by atoms with Crippen LogP contribution in [0.2, 0.25) is 0 Å². The van der Waals surface area contributed by atoms with Crippen molar-refractivity contribution in [3.05, 3.63) is 47.5 Å². The highest BCUT2D eigenvalue weighted by Crippen LogP contribution is 2.39. The third-order valence-corrected chi connectivity index (χ3v) is 5.12. The van der Waals surface area contributed by atoms with Gasteiger partial charge in [-0.3, -0.25) is 0 Å². The van der Waals surface area contributed by atoms with E-state index in [1.54, 1.807) is 25.1 Å². The molecule has 0 aliphatic heterocycles. The van der Waals surface area contributed by atoms with Crippen LogP contribution >= 0.6 is 11.3 Å². The molecule has 3 aromatic rings. The Hall–Kier alpha value is -2.12. The van der Waals surface area contributed by atoms with E-state index in [4.69, 9.17) is 5.73 Å². The van der Waals surface area contributed by atoms with Crippen LogP contribution in [0.4, 0.5) is 13.2 Å². The number of carbonyl (C=O) groups excluding carboxylic acids is 1. The normalized spacial score (nSPS) is 14.9. The van der Waals surface area contributed by atoms with Crippen LogP contribution in [-0.2, 0) is 16.5 Å². The number of hydrogen-bond acceptors (Lipinski definition) is 4. The number of carboxylic acid groups (broad SMARTS) is 1. The molecule has 1 aromatic heterocycles. The molecule has 0 saturated heterocycles. The van der Waals surface area contributed by atoms with Crippen LogP contribution in [0.1, 0.15) is 24.5 Å². The lowest BCUT2D eigenvalue weighted by molar-refractivity contribution is -0.307. The molecule has 0 saturated carbocycles. The van der Waals surface area contributed by atoms with Crippen molar-refractivity contribution in [3.63, 3.8) is 0 Å². The minimum absolute atomic E-state index is 0.381. The number of hydrogen-bond donors (Lipinski definition) is 1. The van der Waals surface area contributed by atoms with Crippen molar-refractivity contribution in [2.75, 3.05) is 0 Å². The fourth-order valence-corrected chi connectivity index (χ4v) is 3.78. The largest absolute Gasteiger partial charge is 0.550 e. The zero-order valence-electron chi connectivity index (χ0n) is 12.6. The van der Waals surface area contributed by atoms with Gasteiger partial charge in [0.15, 0.2) is 0 Å². The van der Waals surface area contributed by atoms with Gasteiger partial charge < -0.3 is 15.6 Å². The average molecular weight is 352 g/mol. The van der Waals surface area contributed by atoms with Gasteiger partial charge >= 0.3 is 6.18 Å². The Bertz CT molecular complexity index is 944. The molecule has 24 heavy (non-hydrogen) atoms. The van der Waals surface area contributed by atoms with Crippen molar-refractivity contribution in [1.82, 2.24) is 0 Å². The van der Waals surface area contributed by atoms with E-state index in [1.807, 2.05) is 0 Å². The molecule has 0 radical (unpaired) electrons. The predicted octanol–water partition coefficient (Wildman–Crippen LogP) is 3.39. The minimum Gasteiger partial charge on any atom is -0.550 e. The Morgan fingerprint density at radius 2 is 1.58 bits per heavy atom. The highest BCUT2D eigenvalue weighted by molar-refractivity contribution is 7.25. The standard InChI is InChI=1S/C17H14F3NO2S/c1-16(21,8-15(22)23)9-2-4-13-11(6-9)12-7-10(17(18,19)20)3-5-14(12)24-13/h2-7H,8,21H2,1H3,(H,22,23)/p-1. The Morgan fingerprint density at radius 3 is 2.08 bits per heavy atom. The summed E-state index contributed by atoms with van der Waals surface area (Å²) in [6, 6.07) is 8.74. The first-order valence-electron chi connectivity index (χ1n) is 7.11. The molecule has 0 bridgehead atoms. The van der Waals surface area contributed by atoms with Crippen molar-refractivity contribution < 1.29 is 23.1 Å². The molecule has 2 N–H and O–H groups in total. The summed E-state index contributed by atoms with van der Waals surface area (Å²) < 4.78 is 40.4. The molecule has 2 aromatic carbocycles. The SMILES string of the molecule is CC(N)(CC(=O)[O-])c1ccc2sc3ccc(C(F)(F)F)cc3c2c1. The van der Waals surface area contributed by atoms with Crippen LogP contribution in [0.5, 0.6) is 0 Å². The van der Waals surface area contributed by atoms with E-state index in [-0.39, 0.29) is 6.42 Å². The second kappa shape index (κ2) is 5.46. The number of thiophene rings is 1. The molecule has 0 fully saturated rings. The number of benzene rings is 2. The molecule has 1 atom stereocenters. The van der Waals surface area contributed by atoms with Crippen molar-refractivity contribution in [2.24, 2.45) is 5.73 Å². The Labute approximate surface area is 139 Å². The quantitative estimate of drug-likeness (QED) is 0.786. The first kappa shape index (κ1) is 16.7. The smallest absolute Gasteiger partial charge is 0.416 e. The number of fused-ring (bicyclic) bond motifs is 3. The first-order valence-corrected chi connectivity index (χ1v) is 7.92. The maximum Gasteiger partial charge on any atom is 0.416 e. The third kappa shape index (κ3) is 2.97. The van der Waals surface area contributed by atoms with Crippen LogP contribution in [0.3, 0.4) is 0 Å². The summed E-state index contributed by atoms with van der Waals surface area (Å²) in [4.78, 5) is 10.9. The van der Waals surface area contributed by atoms with E-state index in [0.717, 1.165) is 21.5 Å². The molecular weight excluding hydrogens is 339 g/mol. The highest BCUT2D eigenvalue weighted by atomic mass is 32.1. The van der Waals surface area contributed by atoms with E-state index in [2.05, 4.69) is 0 Å². The van der Waals surface area contributed by atoms with Crippen molar-refractivity contribution in [1.29, 1.82) is 0 Å². The number of rotatable bonds is 3. The van der Waals surface area contributed by atoms with E-state index in [9.17, 15) is 23.1 Å². The van der Waals surface area contributed by atoms with Gasteiger partial charge in [-0.15, -0.1) is 11.3 Å². The molecule has 0 aliphatic rings. The number of carboxylic acids is 1. The molecule has 3 rings (SSSR count). The van der Waals surface area contributed by atoms with Crippen LogP contribution in [0, 0.1) is 0 Å². The first-order chi connectivity index (χ1) is 11.1. The maximum absolute atomic E-state index is 12.9. The molecular formula is C17H13F3NO2S-. The van der Waals surface area contributed by atoms with Gasteiger partial charge in [0.05, 0.1) is 5.56 Å². The molecule has 0 spiro atoms. The summed E-state index contributed by atoms with van der Waals surface area (Å²) in [5.41, 5.74) is 4.70. The van der Waals surface area contributed by atoms with E-state index in [0.29, 0.717) is 16.3 Å². The fraction of sp³-hybridized carbons (Fsp3) is 0.235. The van der Waals surface area contributed by atoms with E-state index in [1.165, 1.54) is 17.4 Å². The number of nitrogens with two attached hydrogens (primary N) is 1. The van der Waals surface area contributed by atoms with Gasteiger partial charge in [0.25, 0.3) is 0 Å². The maximum atomic E-state index is 12.9. The van der Waals surface area contributed by atoms with Crippen molar-refractivity contribution >= 4 is 37.5 Å². The lowest BCUT2D eigenvalue weighted by Crippen LogP contribution is -2.40. The monoisotopic (exact) mass is 352 g/mol. The molecule has 1 heterocycles. The molecule has 3 nitrogen and oxygen atoms in total. The molecule has 0 amide bonds. The average Bonchev–Trinajstić information content (AvgIpc) is 2.81. The van der Waals surface area contributed by atoms with Crippen molar-refractivity contribution in [3.8, 4) is 0 Å². The topological polar surface area (TPSA) is 66.2 Å². The predicted molar refractivity (Wildman–Crippen MR) is 85.5 cm³/mol. The zero-order valence-corrected chi connectivity index (χ0v) is 13.4. The molecule has 126 valence electrons. The van der Waals surface area contributed by atoms with Gasteiger partial charge in [-0.25, -0.2) is 0 Å². The lowest BCUT2D eigenvalue weighted by atomic mass is 9.89. The van der Waals surface area contributed by atoms with Gasteiger partial charge in [-0.1, -0.05) is 6.07 Å². The number of carbonyl (C=O) groups is 1. The minimum atomic E-state index is -4.42. The van der Waals surface area contributed by atoms with Crippen LogP contribution in [-0.4, -0.2) is 5.97 Å². The molecule has 0 aliphatic carbocycles. The van der Waals surface area contributed by atoms with Gasteiger partial charge in [0, 0.05) is 38.1 Å². The van der Waals surface area contributed by atoms with Crippen LogP contribution in [0.15, 0.2) is 36.4 Å². The Morgan fingerprint density at radius 1 is 1.08 bits per heavy atom. The van der Waals surface area contributed by atoms with Crippen molar-refractivity contribution in [2.45, 2.75) is 25.1 Å². The zero-order chi connectivity index (χ0) is 17.7. The van der Waals surface area contributed by atoms with Gasteiger partial charge in [0.2, 0.25) is 0 Å². The number of halogens is 3. The summed E-state index contributed by atoms with van der Waals surface area (Å²) in [5.74, 6) is -1.28. The number of alkyl halides is 3. The second-order valence-corrected chi connectivity index (χ2v) is 7.07. The van der Waals surface area contributed by atoms with Crippen LogP contribution < -0.4 is 10.8 Å². The molecule has 7 heteroatoms. The van der Waals surface area contributed by atoms with Gasteiger partial charge in [-0.05, 0) is 42.8 Å². The summed E-state index contributed by atoms with van der Waals surface area (Å²) in [7, 11) is 0. The van der Waals surface area contributed by atoms with Gasteiger partial charge in [0.1, 0.15) is 0 Å². The summed E-state index contributed by atoms with van der Waals surface area (Å²) >= 11 is 1.38. The van der Waals surface area contributed by atoms with E-state index >= 15 is 0 Å². The summed E-state index contributed by atoms with van der Waals surface area (Å²) in [6.07, 6.45) is -4.80. The Balaban J connectivity index is 2.20. The third-order valence-electron chi connectivity index (χ3n) is 3.97. The highest BCUT2D eigenvalue weighted by Gasteiger charge is 2.31. The van der Waals surface area contributed by atoms with E-state index < -0.39 is 23.2 Å². The van der Waals surface area contributed by atoms with Gasteiger partial charge in [-0.2, -0.15) is 13.2 Å². The van der Waals surface area contributed by atoms with Crippen LogP contribution in [0.25, 0.3) is 20.2 Å². The lowest BCUT2D eigenvalue weighted by Gasteiger charge is -2.25.